The third kappa shape index (κ3) is 5.15. The van der Waals surface area contributed by atoms with Gasteiger partial charge < -0.3 is 24.8 Å². The Bertz CT molecular complexity index is 1530. The van der Waals surface area contributed by atoms with Crippen LogP contribution in [-0.4, -0.2) is 37.0 Å². The van der Waals surface area contributed by atoms with Crippen molar-refractivity contribution < 1.29 is 19.0 Å². The lowest BCUT2D eigenvalue weighted by atomic mass is 9.98. The number of ether oxygens (including phenoxy) is 3. The lowest BCUT2D eigenvalue weighted by Gasteiger charge is -2.28. The third-order valence-electron chi connectivity index (χ3n) is 6.71. The van der Waals surface area contributed by atoms with E-state index in [0.29, 0.717) is 39.3 Å². The van der Waals surface area contributed by atoms with Gasteiger partial charge in [0.2, 0.25) is 0 Å². The maximum atomic E-state index is 13.4. The minimum absolute atomic E-state index is 0.299. The summed E-state index contributed by atoms with van der Waals surface area (Å²) >= 11 is 6.01. The summed E-state index contributed by atoms with van der Waals surface area (Å²) in [4.78, 5) is 13.4. The first kappa shape index (κ1) is 26.2. The second kappa shape index (κ2) is 11.1. The van der Waals surface area contributed by atoms with Crippen LogP contribution in [0.3, 0.4) is 0 Å². The number of carbonyl (C=O) groups is 1. The van der Waals surface area contributed by atoms with E-state index < -0.39 is 6.04 Å². The number of nitrogens with zero attached hydrogens (tertiary/aromatic N) is 2. The highest BCUT2D eigenvalue weighted by molar-refractivity contribution is 6.30. The molecule has 0 fully saturated rings. The van der Waals surface area contributed by atoms with Crippen molar-refractivity contribution in [2.75, 3.05) is 32.0 Å². The number of benzene rings is 3. The molecular weight excluding hydrogens is 516 g/mol. The quantitative estimate of drug-likeness (QED) is 0.266. The molecule has 4 aromatic rings. The van der Waals surface area contributed by atoms with E-state index in [1.165, 1.54) is 5.56 Å². The number of fused-ring (bicyclic) bond motifs is 1. The fourth-order valence-electron chi connectivity index (χ4n) is 4.59. The largest absolute Gasteiger partial charge is 0.496 e. The number of anilines is 2. The van der Waals surface area contributed by atoms with Gasteiger partial charge in [-0.05, 0) is 54.0 Å². The van der Waals surface area contributed by atoms with Crippen LogP contribution in [0.25, 0.3) is 5.70 Å². The Balaban J connectivity index is 1.62. The molecule has 39 heavy (non-hydrogen) atoms. The molecule has 1 amide bonds. The van der Waals surface area contributed by atoms with Crippen LogP contribution in [-0.2, 0) is 6.42 Å². The van der Waals surface area contributed by atoms with Crippen LogP contribution in [0, 0.1) is 0 Å². The zero-order valence-corrected chi connectivity index (χ0v) is 22.9. The van der Waals surface area contributed by atoms with Crippen LogP contribution in [0.2, 0.25) is 5.02 Å². The maximum Gasteiger partial charge on any atom is 0.261 e. The van der Waals surface area contributed by atoms with Crippen molar-refractivity contribution in [2.24, 2.45) is 0 Å². The van der Waals surface area contributed by atoms with Gasteiger partial charge in [0.25, 0.3) is 5.91 Å². The molecule has 0 aliphatic carbocycles. The van der Waals surface area contributed by atoms with Gasteiger partial charge in [0.05, 0.1) is 27.5 Å². The Morgan fingerprint density at radius 3 is 2.28 bits per heavy atom. The first-order chi connectivity index (χ1) is 18.9. The van der Waals surface area contributed by atoms with E-state index in [-0.39, 0.29) is 5.91 Å². The van der Waals surface area contributed by atoms with Gasteiger partial charge in [0.15, 0.2) is 11.5 Å². The van der Waals surface area contributed by atoms with Crippen molar-refractivity contribution in [3.8, 4) is 17.2 Å². The molecule has 5 rings (SSSR count). The summed E-state index contributed by atoms with van der Waals surface area (Å²) in [6, 6.07) is 18.6. The number of hydrogen-bond donors (Lipinski definition) is 2. The Hall–Kier alpha value is -4.43. The molecule has 1 unspecified atom stereocenters. The van der Waals surface area contributed by atoms with Gasteiger partial charge in [-0.1, -0.05) is 42.8 Å². The van der Waals surface area contributed by atoms with Crippen LogP contribution < -0.4 is 24.8 Å². The topological polar surface area (TPSA) is 86.6 Å². The van der Waals surface area contributed by atoms with Crippen molar-refractivity contribution in [1.82, 2.24) is 9.78 Å². The number of amides is 1. The number of methoxy groups -OCH3 is 3. The van der Waals surface area contributed by atoms with E-state index in [0.717, 1.165) is 23.2 Å². The van der Waals surface area contributed by atoms with Crippen LogP contribution >= 0.6 is 11.6 Å². The Kier molecular flexibility index (Phi) is 7.47. The van der Waals surface area contributed by atoms with Crippen molar-refractivity contribution in [1.29, 1.82) is 0 Å². The molecule has 200 valence electrons. The summed E-state index contributed by atoms with van der Waals surface area (Å²) in [5.74, 6) is 1.97. The molecule has 1 aliphatic heterocycles. The molecule has 0 saturated carbocycles. The summed E-state index contributed by atoms with van der Waals surface area (Å²) in [5.41, 5.74) is 4.88. The fourth-order valence-corrected chi connectivity index (χ4v) is 4.71. The van der Waals surface area contributed by atoms with E-state index in [9.17, 15) is 4.79 Å². The smallest absolute Gasteiger partial charge is 0.261 e. The predicted octanol–water partition coefficient (Wildman–Crippen LogP) is 6.43. The molecule has 1 aliphatic rings. The molecule has 0 bridgehead atoms. The van der Waals surface area contributed by atoms with Gasteiger partial charge >= 0.3 is 0 Å². The van der Waals surface area contributed by atoms with Crippen molar-refractivity contribution in [3.05, 3.63) is 100 Å². The lowest BCUT2D eigenvalue weighted by Crippen LogP contribution is -2.22. The third-order valence-corrected chi connectivity index (χ3v) is 6.96. The molecule has 2 N–H and O–H groups in total. The van der Waals surface area contributed by atoms with E-state index in [1.54, 1.807) is 62.5 Å². The van der Waals surface area contributed by atoms with Gasteiger partial charge in [-0.25, -0.2) is 4.68 Å². The molecule has 3 aromatic carbocycles. The lowest BCUT2D eigenvalue weighted by molar-refractivity contribution is 0.102. The predicted molar refractivity (Wildman–Crippen MR) is 153 cm³/mol. The Morgan fingerprint density at radius 1 is 0.974 bits per heavy atom. The second-order valence-electron chi connectivity index (χ2n) is 8.96. The van der Waals surface area contributed by atoms with Crippen LogP contribution in [0.1, 0.15) is 40.0 Å². The SMILES string of the molecule is CCc1ccc(C2=CC(c3cc(OC)c(OC)cc3OC)n3ncc(C(=O)Nc4ccc(Cl)cc4)c3N2)cc1. The summed E-state index contributed by atoms with van der Waals surface area (Å²) in [6.07, 6.45) is 4.57. The van der Waals surface area contributed by atoms with Gasteiger partial charge in [-0.2, -0.15) is 5.10 Å². The molecule has 0 saturated heterocycles. The van der Waals surface area contributed by atoms with Crippen LogP contribution in [0.5, 0.6) is 17.2 Å². The number of aryl methyl sites for hydroxylation is 1. The molecule has 0 spiro atoms. The Morgan fingerprint density at radius 2 is 1.64 bits per heavy atom. The van der Waals surface area contributed by atoms with E-state index >= 15 is 0 Å². The van der Waals surface area contributed by atoms with Crippen molar-refractivity contribution in [3.63, 3.8) is 0 Å². The summed E-state index contributed by atoms with van der Waals surface area (Å²) in [5, 5.41) is 11.6. The minimum atomic E-state index is -0.408. The molecule has 9 heteroatoms. The summed E-state index contributed by atoms with van der Waals surface area (Å²) < 4.78 is 18.6. The van der Waals surface area contributed by atoms with Crippen LogP contribution in [0.4, 0.5) is 11.5 Å². The van der Waals surface area contributed by atoms with Crippen LogP contribution in [0.15, 0.2) is 72.9 Å². The minimum Gasteiger partial charge on any atom is -0.496 e. The van der Waals surface area contributed by atoms with Crippen molar-refractivity contribution in [2.45, 2.75) is 19.4 Å². The normalized spacial score (nSPS) is 14.1. The Labute approximate surface area is 232 Å². The highest BCUT2D eigenvalue weighted by Crippen LogP contribution is 2.43. The fraction of sp³-hybridized carbons (Fsp3) is 0.200. The number of carbonyl (C=O) groups excluding carboxylic acids is 1. The maximum absolute atomic E-state index is 13.4. The number of rotatable bonds is 8. The van der Waals surface area contributed by atoms with Gasteiger partial charge in [-0.3, -0.25) is 4.79 Å². The standard InChI is InChI=1S/C30H29ClN4O4/c1-5-18-6-8-19(9-7-18)24-15-25(22-14-27(38-3)28(39-4)16-26(22)37-2)35-29(34-24)23(17-32-35)30(36)33-21-12-10-20(31)11-13-21/h6-17,25,34H,5H2,1-4H3,(H,33,36). The van der Waals surface area contributed by atoms with Crippen molar-refractivity contribution >= 4 is 34.7 Å². The second-order valence-corrected chi connectivity index (χ2v) is 9.40. The highest BCUT2D eigenvalue weighted by atomic mass is 35.5. The molecule has 2 heterocycles. The number of hydrogen-bond acceptors (Lipinski definition) is 6. The average molecular weight is 545 g/mol. The number of aromatic nitrogens is 2. The van der Waals surface area contributed by atoms with Gasteiger partial charge in [-0.15, -0.1) is 0 Å². The molecule has 0 radical (unpaired) electrons. The van der Waals surface area contributed by atoms with E-state index in [2.05, 4.69) is 53.0 Å². The summed E-state index contributed by atoms with van der Waals surface area (Å²) in [6.45, 7) is 2.12. The monoisotopic (exact) mass is 544 g/mol. The van der Waals surface area contributed by atoms with E-state index in [1.807, 2.05) is 6.07 Å². The van der Waals surface area contributed by atoms with E-state index in [4.69, 9.17) is 25.8 Å². The summed E-state index contributed by atoms with van der Waals surface area (Å²) in [7, 11) is 4.77. The number of halogens is 1. The van der Waals surface area contributed by atoms with Gasteiger partial charge in [0, 0.05) is 28.0 Å². The molecule has 1 atom stereocenters. The first-order valence-electron chi connectivity index (χ1n) is 12.5. The molecular formula is C30H29ClN4O4. The number of allylic oxidation sites excluding steroid dienone is 1. The molecule has 8 nitrogen and oxygen atoms in total. The zero-order chi connectivity index (χ0) is 27.5. The number of nitrogens with one attached hydrogen (secondary N) is 2. The first-order valence-corrected chi connectivity index (χ1v) is 12.9. The average Bonchev–Trinajstić information content (AvgIpc) is 3.41. The highest BCUT2D eigenvalue weighted by Gasteiger charge is 2.30. The van der Waals surface area contributed by atoms with Gasteiger partial charge in [0.1, 0.15) is 23.2 Å². The zero-order valence-electron chi connectivity index (χ0n) is 22.1. The molecule has 1 aromatic heterocycles.